The molecule has 1 unspecified atom stereocenters. The number of ketones is 1. The first-order valence-electron chi connectivity index (χ1n) is 13.5. The Morgan fingerprint density at radius 2 is 1.87 bits per heavy atom. The summed E-state index contributed by atoms with van der Waals surface area (Å²) in [4.78, 5) is 20.7. The summed E-state index contributed by atoms with van der Waals surface area (Å²) >= 11 is 1.66. The number of thiophene rings is 1. The first-order valence-corrected chi connectivity index (χ1v) is 14.4. The van der Waals surface area contributed by atoms with Crippen LogP contribution in [0, 0.1) is 0 Å². The summed E-state index contributed by atoms with van der Waals surface area (Å²) in [6, 6.07) is 14.5. The lowest BCUT2D eigenvalue weighted by Gasteiger charge is -2.34. The second kappa shape index (κ2) is 10.9. The van der Waals surface area contributed by atoms with Gasteiger partial charge in [0.05, 0.1) is 24.4 Å². The molecule has 0 saturated carbocycles. The summed E-state index contributed by atoms with van der Waals surface area (Å²) in [6.45, 7) is 6.03. The normalized spacial score (nSPS) is 17.8. The average Bonchev–Trinajstić information content (AvgIpc) is 3.72. The summed E-state index contributed by atoms with van der Waals surface area (Å²) < 4.78 is 5.82. The minimum atomic E-state index is -0.158. The van der Waals surface area contributed by atoms with E-state index in [4.69, 9.17) is 4.74 Å². The maximum absolute atomic E-state index is 13.6. The lowest BCUT2D eigenvalue weighted by Crippen LogP contribution is -2.44. The summed E-state index contributed by atoms with van der Waals surface area (Å²) in [7, 11) is 3.90. The van der Waals surface area contributed by atoms with Crippen molar-refractivity contribution in [3.8, 4) is 17.0 Å². The van der Waals surface area contributed by atoms with E-state index in [2.05, 4.69) is 73.0 Å². The van der Waals surface area contributed by atoms with Gasteiger partial charge in [0.15, 0.2) is 5.78 Å². The number of nitrogens with one attached hydrogen (secondary N) is 1. The monoisotopic (exact) mass is 529 g/mol. The van der Waals surface area contributed by atoms with Crippen molar-refractivity contribution < 1.29 is 9.53 Å². The zero-order valence-electron chi connectivity index (χ0n) is 22.2. The smallest absolute Gasteiger partial charge is 0.158 e. The van der Waals surface area contributed by atoms with E-state index >= 15 is 0 Å². The number of carbonyl (C=O) groups excluding carboxylic acids is 1. The van der Waals surface area contributed by atoms with Crippen LogP contribution in [0.4, 0.5) is 5.69 Å². The molecule has 2 saturated heterocycles. The molecule has 2 aromatic carbocycles. The molecule has 4 aromatic rings. The number of hydrogen-bond acceptors (Lipinski definition) is 7. The van der Waals surface area contributed by atoms with E-state index in [9.17, 15) is 4.79 Å². The number of anilines is 1. The van der Waals surface area contributed by atoms with Crippen molar-refractivity contribution in [3.63, 3.8) is 0 Å². The van der Waals surface area contributed by atoms with Crippen LogP contribution in [0.5, 0.6) is 5.75 Å². The molecule has 0 aliphatic carbocycles. The Morgan fingerprint density at radius 1 is 1.05 bits per heavy atom. The predicted molar refractivity (Wildman–Crippen MR) is 154 cm³/mol. The van der Waals surface area contributed by atoms with Crippen LogP contribution in [0.15, 0.2) is 53.2 Å². The Balaban J connectivity index is 1.27. The van der Waals surface area contributed by atoms with E-state index in [1.165, 1.54) is 0 Å². The van der Waals surface area contributed by atoms with Crippen molar-refractivity contribution in [2.45, 2.75) is 25.3 Å². The van der Waals surface area contributed by atoms with Gasteiger partial charge in [0.1, 0.15) is 11.4 Å². The van der Waals surface area contributed by atoms with Crippen LogP contribution in [-0.4, -0.2) is 79.2 Å². The first kappa shape index (κ1) is 25.1. The molecule has 0 spiro atoms. The van der Waals surface area contributed by atoms with Gasteiger partial charge in [-0.15, -0.1) is 0 Å². The third-order valence-electron chi connectivity index (χ3n) is 7.97. The highest BCUT2D eigenvalue weighted by Gasteiger charge is 2.30. The number of aromatic nitrogens is 2. The van der Waals surface area contributed by atoms with Gasteiger partial charge in [-0.25, -0.2) is 0 Å². The van der Waals surface area contributed by atoms with Crippen LogP contribution in [0.1, 0.15) is 30.0 Å². The number of carbonyl (C=O) groups is 1. The van der Waals surface area contributed by atoms with Crippen LogP contribution in [0.3, 0.4) is 0 Å². The number of likely N-dealkylation sites (tertiary alicyclic amines) is 1. The van der Waals surface area contributed by atoms with Gasteiger partial charge >= 0.3 is 0 Å². The van der Waals surface area contributed by atoms with Gasteiger partial charge in [-0.2, -0.15) is 16.4 Å². The number of likely N-dealkylation sites (N-methyl/N-ethyl adjacent to an activating group) is 1. The number of benzene rings is 2. The van der Waals surface area contributed by atoms with Crippen LogP contribution < -0.4 is 9.64 Å². The van der Waals surface area contributed by atoms with Crippen LogP contribution in [0.2, 0.25) is 0 Å². The molecule has 7 nitrogen and oxygen atoms in total. The van der Waals surface area contributed by atoms with Crippen LogP contribution >= 0.6 is 11.3 Å². The van der Waals surface area contributed by atoms with E-state index in [-0.39, 0.29) is 11.8 Å². The molecule has 4 heterocycles. The maximum Gasteiger partial charge on any atom is 0.158 e. The third kappa shape index (κ3) is 4.96. The Kier molecular flexibility index (Phi) is 7.19. The molecule has 1 atom stereocenters. The van der Waals surface area contributed by atoms with Gasteiger partial charge in [0.2, 0.25) is 0 Å². The number of hydrogen-bond donors (Lipinski definition) is 1. The molecule has 2 aliphatic heterocycles. The number of rotatable bonds is 8. The molecular formula is C30H35N5O2S. The second-order valence-corrected chi connectivity index (χ2v) is 11.3. The molecule has 2 fully saturated rings. The number of piperazine rings is 1. The number of ether oxygens (including phenoxy) is 1. The van der Waals surface area contributed by atoms with Crippen LogP contribution in [-0.2, 0) is 11.2 Å². The van der Waals surface area contributed by atoms with Crippen molar-refractivity contribution in [1.82, 2.24) is 20.0 Å². The van der Waals surface area contributed by atoms with Crippen molar-refractivity contribution in [3.05, 3.63) is 64.4 Å². The van der Waals surface area contributed by atoms with Crippen molar-refractivity contribution in [2.75, 3.05) is 58.3 Å². The van der Waals surface area contributed by atoms with E-state index < -0.39 is 0 Å². The third-order valence-corrected chi connectivity index (χ3v) is 8.67. The number of fused-ring (bicyclic) bond motifs is 1. The molecular weight excluding hydrogens is 494 g/mol. The zero-order valence-corrected chi connectivity index (χ0v) is 23.0. The van der Waals surface area contributed by atoms with E-state index in [0.717, 1.165) is 96.8 Å². The highest BCUT2D eigenvalue weighted by molar-refractivity contribution is 7.08. The van der Waals surface area contributed by atoms with Crippen LogP contribution in [0.25, 0.3) is 22.2 Å². The molecule has 8 heteroatoms. The summed E-state index contributed by atoms with van der Waals surface area (Å²) in [5, 5.41) is 13.1. The Labute approximate surface area is 228 Å². The number of H-pyrrole nitrogens is 1. The number of nitrogens with zero attached hydrogens (tertiary/aromatic N) is 4. The zero-order chi connectivity index (χ0) is 26.1. The fourth-order valence-electron chi connectivity index (χ4n) is 5.85. The van der Waals surface area contributed by atoms with Gasteiger partial charge in [0, 0.05) is 43.5 Å². The minimum absolute atomic E-state index is 0.158. The Hall–Kier alpha value is -3.20. The molecule has 38 heavy (non-hydrogen) atoms. The van der Waals surface area contributed by atoms with Gasteiger partial charge in [-0.3, -0.25) is 14.8 Å². The highest BCUT2D eigenvalue weighted by Crippen LogP contribution is 2.36. The largest absolute Gasteiger partial charge is 0.495 e. The average molecular weight is 530 g/mol. The molecule has 198 valence electrons. The number of methoxy groups -OCH3 is 1. The van der Waals surface area contributed by atoms with E-state index in [0.29, 0.717) is 6.42 Å². The number of aromatic amines is 1. The van der Waals surface area contributed by atoms with Crippen molar-refractivity contribution in [1.29, 1.82) is 0 Å². The minimum Gasteiger partial charge on any atom is -0.495 e. The fraction of sp³-hybridized carbons (Fsp3) is 0.400. The lowest BCUT2D eigenvalue weighted by molar-refractivity contribution is -0.123. The molecule has 0 radical (unpaired) electrons. The van der Waals surface area contributed by atoms with E-state index in [1.807, 2.05) is 12.1 Å². The van der Waals surface area contributed by atoms with Gasteiger partial charge in [-0.05, 0) is 85.2 Å². The lowest BCUT2D eigenvalue weighted by atomic mass is 9.97. The quantitative estimate of drug-likeness (QED) is 0.347. The number of Topliss-reactive ketones (excluding diaryl/α,β-unsaturated/α-hetero) is 1. The molecule has 6 rings (SSSR count). The molecule has 2 aliphatic rings. The Bertz CT molecular complexity index is 1400. The topological polar surface area (TPSA) is 64.7 Å². The Morgan fingerprint density at radius 3 is 2.61 bits per heavy atom. The van der Waals surface area contributed by atoms with E-state index in [1.54, 1.807) is 18.4 Å². The molecule has 1 N–H and O–H groups in total. The first-order chi connectivity index (χ1) is 18.6. The standard InChI is InChI=1S/C30H35N5O2S/c1-33-12-14-34(15-13-33)26-8-6-22(19-28(26)37-2)29-24-17-21(5-7-25(24)31-32-29)18-27(36)30(23-9-16-38-20-23)35-10-3-4-11-35/h5-9,16-17,19-20,30H,3-4,10-15,18H2,1-2H3,(H,31,32). The summed E-state index contributed by atoms with van der Waals surface area (Å²) in [5.74, 6) is 1.12. The molecule has 0 bridgehead atoms. The fourth-order valence-corrected chi connectivity index (χ4v) is 6.53. The van der Waals surface area contributed by atoms with Crippen molar-refractivity contribution in [2.24, 2.45) is 0 Å². The van der Waals surface area contributed by atoms with Gasteiger partial charge < -0.3 is 14.5 Å². The maximum atomic E-state index is 13.6. The van der Waals surface area contributed by atoms with Crippen molar-refractivity contribution >= 4 is 33.7 Å². The highest BCUT2D eigenvalue weighted by atomic mass is 32.1. The second-order valence-electron chi connectivity index (χ2n) is 10.5. The molecule has 2 aromatic heterocycles. The summed E-state index contributed by atoms with van der Waals surface area (Å²) in [6.07, 6.45) is 2.73. The molecule has 0 amide bonds. The predicted octanol–water partition coefficient (Wildman–Crippen LogP) is 5.00. The van der Waals surface area contributed by atoms with Gasteiger partial charge in [-0.1, -0.05) is 12.1 Å². The SMILES string of the molecule is COc1cc(-c2n[nH]c3ccc(CC(=O)C(c4ccsc4)N4CCCC4)cc23)ccc1N1CCN(C)CC1. The van der Waals surface area contributed by atoms with Gasteiger partial charge in [0.25, 0.3) is 0 Å². The summed E-state index contributed by atoms with van der Waals surface area (Å²) in [5.41, 5.74) is 6.11.